The zero-order valence-corrected chi connectivity index (χ0v) is 25.2. The maximum absolute atomic E-state index is 14.4. The highest BCUT2D eigenvalue weighted by Crippen LogP contribution is 2.50. The lowest BCUT2D eigenvalue weighted by Crippen LogP contribution is -2.64. The molecule has 1 aliphatic heterocycles. The molecule has 8 nitrogen and oxygen atoms in total. The Kier molecular flexibility index (Phi) is 8.80. The Morgan fingerprint density at radius 2 is 1.72 bits per heavy atom. The highest BCUT2D eigenvalue weighted by Gasteiger charge is 2.43. The highest BCUT2D eigenvalue weighted by molar-refractivity contribution is 6.10. The Morgan fingerprint density at radius 1 is 1.02 bits per heavy atom. The number of nitrogens with one attached hydrogen (secondary N) is 2. The predicted molar refractivity (Wildman–Crippen MR) is 165 cm³/mol. The molecule has 0 spiro atoms. The number of amides is 4. The molecule has 2 fully saturated rings. The van der Waals surface area contributed by atoms with Gasteiger partial charge < -0.3 is 20.4 Å². The lowest BCUT2D eigenvalue weighted by atomic mass is 9.93. The van der Waals surface area contributed by atoms with Crippen LogP contribution in [0.5, 0.6) is 0 Å². The first-order valence-corrected chi connectivity index (χ1v) is 15.1. The van der Waals surface area contributed by atoms with E-state index in [0.29, 0.717) is 29.3 Å². The fourth-order valence-corrected chi connectivity index (χ4v) is 6.11. The summed E-state index contributed by atoms with van der Waals surface area (Å²) in [5.74, 6) is -1.39. The molecule has 1 heterocycles. The molecule has 2 unspecified atom stereocenters. The van der Waals surface area contributed by atoms with E-state index in [0.717, 1.165) is 29.2 Å². The van der Waals surface area contributed by atoms with E-state index in [1.54, 1.807) is 28.9 Å². The summed E-state index contributed by atoms with van der Waals surface area (Å²) < 4.78 is 13.5. The second-order valence-corrected chi connectivity index (χ2v) is 11.9. The maximum Gasteiger partial charge on any atom is 0.250 e. The van der Waals surface area contributed by atoms with Crippen LogP contribution >= 0.6 is 0 Å². The predicted octanol–water partition coefficient (Wildman–Crippen LogP) is 5.15. The quantitative estimate of drug-likeness (QED) is 0.362. The molecule has 5 rings (SSSR count). The van der Waals surface area contributed by atoms with Gasteiger partial charge in [-0.15, -0.1) is 0 Å². The second kappa shape index (κ2) is 12.5. The average Bonchev–Trinajstić information content (AvgIpc) is 3.82. The number of nitrogens with zero attached hydrogens (tertiary/aromatic N) is 2. The molecule has 2 N–H and O–H groups in total. The maximum atomic E-state index is 14.4. The van der Waals surface area contributed by atoms with Crippen molar-refractivity contribution >= 4 is 45.8 Å². The van der Waals surface area contributed by atoms with Crippen LogP contribution < -0.4 is 15.5 Å². The van der Waals surface area contributed by atoms with E-state index in [2.05, 4.69) is 16.7 Å². The van der Waals surface area contributed by atoms with Crippen molar-refractivity contribution in [2.45, 2.75) is 71.4 Å². The molecule has 1 saturated heterocycles. The lowest BCUT2D eigenvalue weighted by molar-refractivity contribution is -0.145. The van der Waals surface area contributed by atoms with Gasteiger partial charge in [0.2, 0.25) is 23.6 Å². The van der Waals surface area contributed by atoms with Crippen LogP contribution in [0.25, 0.3) is 10.8 Å². The Labute approximate surface area is 251 Å². The van der Waals surface area contributed by atoms with E-state index < -0.39 is 12.1 Å². The zero-order chi connectivity index (χ0) is 30.8. The summed E-state index contributed by atoms with van der Waals surface area (Å²) >= 11 is 0. The highest BCUT2D eigenvalue weighted by atomic mass is 19.1. The van der Waals surface area contributed by atoms with E-state index in [1.807, 2.05) is 38.1 Å². The minimum Gasteiger partial charge on any atom is -0.344 e. The van der Waals surface area contributed by atoms with E-state index in [4.69, 9.17) is 0 Å². The number of carbonyl (C=O) groups excluding carboxylic acids is 4. The molecular formula is C34H39FN4O4. The number of anilines is 2. The van der Waals surface area contributed by atoms with Crippen LogP contribution in [0.3, 0.4) is 0 Å². The van der Waals surface area contributed by atoms with Gasteiger partial charge in [-0.25, -0.2) is 4.39 Å². The van der Waals surface area contributed by atoms with Gasteiger partial charge in [0, 0.05) is 32.9 Å². The number of benzene rings is 3. The molecule has 4 amide bonds. The Hall–Kier alpha value is -4.27. The summed E-state index contributed by atoms with van der Waals surface area (Å²) in [6.07, 6.45) is 2.51. The Morgan fingerprint density at radius 3 is 2.35 bits per heavy atom. The van der Waals surface area contributed by atoms with Crippen molar-refractivity contribution in [3.8, 4) is 0 Å². The summed E-state index contributed by atoms with van der Waals surface area (Å²) in [6, 6.07) is 14.1. The molecule has 3 aromatic rings. The van der Waals surface area contributed by atoms with Crippen molar-refractivity contribution in [1.29, 1.82) is 0 Å². The SMILES string of the molecule is CCC(=O)Nc1c(N2CCN(C(=O)C(Cc3ccc(F)cc3)NC(C)=O)C(C(C)C)C2=O)cc2ccccc2c1C1CC1. The van der Waals surface area contributed by atoms with Crippen molar-refractivity contribution in [3.63, 3.8) is 0 Å². The molecule has 3 aromatic carbocycles. The number of piperazine rings is 1. The first-order valence-electron chi connectivity index (χ1n) is 15.1. The lowest BCUT2D eigenvalue weighted by Gasteiger charge is -2.44. The number of halogens is 1. The normalized spacial score (nSPS) is 17.7. The number of rotatable bonds is 9. The number of hydrogen-bond acceptors (Lipinski definition) is 4. The average molecular weight is 587 g/mol. The van der Waals surface area contributed by atoms with Gasteiger partial charge in [0.25, 0.3) is 0 Å². The van der Waals surface area contributed by atoms with Crippen LogP contribution in [-0.4, -0.2) is 53.7 Å². The largest absolute Gasteiger partial charge is 0.344 e. The molecule has 226 valence electrons. The second-order valence-electron chi connectivity index (χ2n) is 11.9. The van der Waals surface area contributed by atoms with Gasteiger partial charge in [-0.2, -0.15) is 0 Å². The van der Waals surface area contributed by atoms with Crippen LogP contribution in [0.1, 0.15) is 64.0 Å². The topological polar surface area (TPSA) is 98.8 Å². The monoisotopic (exact) mass is 586 g/mol. The Bertz CT molecular complexity index is 1550. The first-order chi connectivity index (χ1) is 20.6. The van der Waals surface area contributed by atoms with Crippen molar-refractivity contribution in [1.82, 2.24) is 10.2 Å². The van der Waals surface area contributed by atoms with Gasteiger partial charge in [0.1, 0.15) is 17.9 Å². The molecule has 0 aromatic heterocycles. The minimum atomic E-state index is -0.912. The molecule has 1 saturated carbocycles. The van der Waals surface area contributed by atoms with E-state index in [-0.39, 0.29) is 54.9 Å². The molecule has 9 heteroatoms. The summed E-state index contributed by atoms with van der Waals surface area (Å²) in [5, 5.41) is 7.93. The first kappa shape index (κ1) is 30.2. The van der Waals surface area contributed by atoms with E-state index in [1.165, 1.54) is 19.1 Å². The number of carbonyl (C=O) groups is 4. The van der Waals surface area contributed by atoms with Crippen LogP contribution in [-0.2, 0) is 25.6 Å². The van der Waals surface area contributed by atoms with Crippen LogP contribution in [0.4, 0.5) is 15.8 Å². The summed E-state index contributed by atoms with van der Waals surface area (Å²) in [6.45, 7) is 7.42. The third-order valence-corrected chi connectivity index (χ3v) is 8.29. The smallest absolute Gasteiger partial charge is 0.250 e. The zero-order valence-electron chi connectivity index (χ0n) is 25.2. The third-order valence-electron chi connectivity index (χ3n) is 8.29. The van der Waals surface area contributed by atoms with Crippen molar-refractivity contribution in [2.75, 3.05) is 23.3 Å². The number of hydrogen-bond donors (Lipinski definition) is 2. The summed E-state index contributed by atoms with van der Waals surface area (Å²) in [5.41, 5.74) is 3.08. The Balaban J connectivity index is 1.51. The molecular weight excluding hydrogens is 547 g/mol. The molecule has 2 atom stereocenters. The van der Waals surface area contributed by atoms with Gasteiger partial charge in [0.15, 0.2) is 0 Å². The summed E-state index contributed by atoms with van der Waals surface area (Å²) in [4.78, 5) is 56.5. The van der Waals surface area contributed by atoms with Crippen LogP contribution in [0, 0.1) is 11.7 Å². The van der Waals surface area contributed by atoms with Crippen LogP contribution in [0.15, 0.2) is 54.6 Å². The molecule has 43 heavy (non-hydrogen) atoms. The van der Waals surface area contributed by atoms with Gasteiger partial charge in [-0.1, -0.05) is 57.2 Å². The molecule has 0 bridgehead atoms. The fourth-order valence-electron chi connectivity index (χ4n) is 6.11. The van der Waals surface area contributed by atoms with Gasteiger partial charge >= 0.3 is 0 Å². The van der Waals surface area contributed by atoms with E-state index in [9.17, 15) is 23.6 Å². The molecule has 0 radical (unpaired) electrons. The molecule has 2 aliphatic rings. The summed E-state index contributed by atoms with van der Waals surface area (Å²) in [7, 11) is 0. The van der Waals surface area contributed by atoms with Crippen molar-refractivity contribution in [3.05, 3.63) is 71.5 Å². The van der Waals surface area contributed by atoms with Crippen molar-refractivity contribution < 1.29 is 23.6 Å². The van der Waals surface area contributed by atoms with Crippen LogP contribution in [0.2, 0.25) is 0 Å². The van der Waals surface area contributed by atoms with Gasteiger partial charge in [-0.05, 0) is 64.8 Å². The van der Waals surface area contributed by atoms with Gasteiger partial charge in [0.05, 0.1) is 11.4 Å². The number of fused-ring (bicyclic) bond motifs is 1. The van der Waals surface area contributed by atoms with E-state index >= 15 is 0 Å². The molecule has 1 aliphatic carbocycles. The fraction of sp³-hybridized carbons (Fsp3) is 0.412. The minimum absolute atomic E-state index is 0.126. The van der Waals surface area contributed by atoms with Crippen molar-refractivity contribution in [2.24, 2.45) is 5.92 Å². The standard InChI is InChI=1S/C34H39FN4O4/c1-5-29(41)37-31-28(19-24-8-6-7-9-26(24)30(31)23-12-13-23)38-16-17-39(32(20(2)3)34(38)43)33(42)27(36-21(4)40)18-22-10-14-25(35)15-11-22/h6-11,14-15,19-20,23,27,32H,5,12-13,16-18H2,1-4H3,(H,36,40)(H,37,41). The van der Waals surface area contributed by atoms with Gasteiger partial charge in [-0.3, -0.25) is 19.2 Å². The third kappa shape index (κ3) is 6.40.